The van der Waals surface area contributed by atoms with Crippen molar-refractivity contribution in [3.05, 3.63) is 52.2 Å². The lowest BCUT2D eigenvalue weighted by Gasteiger charge is -2.21. The molecule has 108 valence electrons. The van der Waals surface area contributed by atoms with Gasteiger partial charge in [-0.25, -0.2) is 0 Å². The normalized spacial score (nSPS) is 11.5. The topological polar surface area (TPSA) is 53.3 Å². The van der Waals surface area contributed by atoms with E-state index in [-0.39, 0.29) is 5.91 Å². The third kappa shape index (κ3) is 4.07. The van der Waals surface area contributed by atoms with E-state index in [4.69, 9.17) is 10.00 Å². The Morgan fingerprint density at radius 1 is 1.38 bits per heavy atom. The molecule has 1 aromatic heterocycles. The Hall–Kier alpha value is -2.32. The molecular weight excluding hydrogens is 284 g/mol. The molecule has 1 aromatic carbocycles. The molecule has 0 saturated heterocycles. The van der Waals surface area contributed by atoms with Crippen molar-refractivity contribution in [2.75, 3.05) is 7.05 Å². The van der Waals surface area contributed by atoms with Crippen molar-refractivity contribution in [2.45, 2.75) is 19.6 Å². The van der Waals surface area contributed by atoms with E-state index < -0.39 is 6.10 Å². The monoisotopic (exact) mass is 300 g/mol. The van der Waals surface area contributed by atoms with E-state index in [1.165, 1.54) is 0 Å². The molecule has 0 spiro atoms. The summed E-state index contributed by atoms with van der Waals surface area (Å²) in [4.78, 5) is 13.9. The number of hydrogen-bond donors (Lipinski definition) is 0. The Balaban J connectivity index is 1.93. The molecule has 2 aromatic rings. The largest absolute Gasteiger partial charge is 0.481 e. The first-order valence-corrected chi connectivity index (χ1v) is 7.47. The molecule has 5 heteroatoms. The number of thiophene rings is 1. The van der Waals surface area contributed by atoms with E-state index in [1.54, 1.807) is 54.5 Å². The fraction of sp³-hybridized carbons (Fsp3) is 0.250. The van der Waals surface area contributed by atoms with Crippen LogP contribution in [0.15, 0.2) is 41.1 Å². The third-order valence-corrected chi connectivity index (χ3v) is 3.75. The zero-order valence-corrected chi connectivity index (χ0v) is 12.8. The summed E-state index contributed by atoms with van der Waals surface area (Å²) >= 11 is 1.61. The minimum atomic E-state index is -0.568. The van der Waals surface area contributed by atoms with Crippen molar-refractivity contribution in [2.24, 2.45) is 0 Å². The highest BCUT2D eigenvalue weighted by atomic mass is 32.1. The van der Waals surface area contributed by atoms with Gasteiger partial charge in [0.15, 0.2) is 6.10 Å². The van der Waals surface area contributed by atoms with Gasteiger partial charge in [0.25, 0.3) is 5.91 Å². The van der Waals surface area contributed by atoms with Crippen molar-refractivity contribution in [3.8, 4) is 11.8 Å². The number of nitrogens with zero attached hydrogens (tertiary/aromatic N) is 2. The van der Waals surface area contributed by atoms with Gasteiger partial charge in [0.05, 0.1) is 11.6 Å². The summed E-state index contributed by atoms with van der Waals surface area (Å²) in [7, 11) is 1.76. The van der Waals surface area contributed by atoms with Gasteiger partial charge in [-0.3, -0.25) is 4.79 Å². The number of rotatable bonds is 5. The molecule has 0 aliphatic rings. The summed E-state index contributed by atoms with van der Waals surface area (Å²) in [6, 6.07) is 10.8. The lowest BCUT2D eigenvalue weighted by molar-refractivity contribution is -0.137. The number of nitriles is 1. The second-order valence-electron chi connectivity index (χ2n) is 4.72. The maximum atomic E-state index is 12.2. The third-order valence-electron chi connectivity index (χ3n) is 3.02. The second-order valence-corrected chi connectivity index (χ2v) is 5.50. The van der Waals surface area contributed by atoms with E-state index in [2.05, 4.69) is 0 Å². The molecular formula is C16H16N2O2S. The summed E-state index contributed by atoms with van der Waals surface area (Å²) in [5.74, 6) is 0.504. The van der Waals surface area contributed by atoms with Gasteiger partial charge in [0.2, 0.25) is 0 Å². The summed E-state index contributed by atoms with van der Waals surface area (Å²) in [5, 5.41) is 12.8. The van der Waals surface area contributed by atoms with Gasteiger partial charge >= 0.3 is 0 Å². The molecule has 0 bridgehead atoms. The summed E-state index contributed by atoms with van der Waals surface area (Å²) in [6.07, 6.45) is -0.568. The van der Waals surface area contributed by atoms with Crippen molar-refractivity contribution in [1.82, 2.24) is 4.90 Å². The summed E-state index contributed by atoms with van der Waals surface area (Å²) in [5.41, 5.74) is 1.68. The maximum absolute atomic E-state index is 12.2. The van der Waals surface area contributed by atoms with E-state index in [1.807, 2.05) is 22.9 Å². The van der Waals surface area contributed by atoms with Crippen LogP contribution in [-0.4, -0.2) is 24.0 Å². The molecule has 0 aliphatic carbocycles. The Labute approximate surface area is 128 Å². The first-order chi connectivity index (χ1) is 10.1. The van der Waals surface area contributed by atoms with E-state index >= 15 is 0 Å². The number of ether oxygens (including phenoxy) is 1. The van der Waals surface area contributed by atoms with Gasteiger partial charge in [-0.15, -0.1) is 0 Å². The number of carbonyl (C=O) groups is 1. The molecule has 0 aliphatic heterocycles. The standard InChI is InChI=1S/C16H16N2O2S/c1-12(20-15-5-3-13(9-17)4-6-15)16(19)18(2)10-14-7-8-21-11-14/h3-8,11-12H,10H2,1-2H3. The van der Waals surface area contributed by atoms with E-state index in [0.29, 0.717) is 17.9 Å². The van der Waals surface area contributed by atoms with Crippen LogP contribution in [0.5, 0.6) is 5.75 Å². The fourth-order valence-electron chi connectivity index (χ4n) is 1.91. The van der Waals surface area contributed by atoms with Crippen LogP contribution in [0.4, 0.5) is 0 Å². The molecule has 0 radical (unpaired) electrons. The van der Waals surface area contributed by atoms with Gasteiger partial charge in [-0.05, 0) is 53.6 Å². The summed E-state index contributed by atoms with van der Waals surface area (Å²) in [6.45, 7) is 2.30. The fourth-order valence-corrected chi connectivity index (χ4v) is 2.57. The average molecular weight is 300 g/mol. The number of carbonyl (C=O) groups excluding carboxylic acids is 1. The molecule has 4 nitrogen and oxygen atoms in total. The van der Waals surface area contributed by atoms with Crippen molar-refractivity contribution in [1.29, 1.82) is 5.26 Å². The van der Waals surface area contributed by atoms with Crippen LogP contribution in [0.25, 0.3) is 0 Å². The first kappa shape index (κ1) is 15.1. The van der Waals surface area contributed by atoms with Crippen molar-refractivity contribution in [3.63, 3.8) is 0 Å². The van der Waals surface area contributed by atoms with Crippen LogP contribution in [0.2, 0.25) is 0 Å². The van der Waals surface area contributed by atoms with Crippen LogP contribution in [0.1, 0.15) is 18.1 Å². The quantitative estimate of drug-likeness (QED) is 0.853. The van der Waals surface area contributed by atoms with Crippen LogP contribution >= 0.6 is 11.3 Å². The van der Waals surface area contributed by atoms with Crippen LogP contribution in [-0.2, 0) is 11.3 Å². The van der Waals surface area contributed by atoms with E-state index in [0.717, 1.165) is 5.56 Å². The molecule has 1 heterocycles. The zero-order valence-electron chi connectivity index (χ0n) is 11.9. The van der Waals surface area contributed by atoms with Crippen molar-refractivity contribution < 1.29 is 9.53 Å². The molecule has 0 saturated carbocycles. The van der Waals surface area contributed by atoms with Gasteiger partial charge in [0.1, 0.15) is 5.75 Å². The van der Waals surface area contributed by atoms with Crippen LogP contribution < -0.4 is 4.74 Å². The Morgan fingerprint density at radius 3 is 2.67 bits per heavy atom. The lowest BCUT2D eigenvalue weighted by Crippen LogP contribution is -2.37. The highest BCUT2D eigenvalue weighted by Crippen LogP contribution is 2.15. The van der Waals surface area contributed by atoms with Gasteiger partial charge in [-0.2, -0.15) is 16.6 Å². The number of amides is 1. The minimum absolute atomic E-state index is 0.0782. The molecule has 1 atom stereocenters. The molecule has 1 amide bonds. The lowest BCUT2D eigenvalue weighted by atomic mass is 10.2. The maximum Gasteiger partial charge on any atom is 0.263 e. The highest BCUT2D eigenvalue weighted by molar-refractivity contribution is 7.07. The molecule has 0 N–H and O–H groups in total. The number of benzene rings is 1. The molecule has 21 heavy (non-hydrogen) atoms. The Bertz CT molecular complexity index is 629. The number of hydrogen-bond acceptors (Lipinski definition) is 4. The minimum Gasteiger partial charge on any atom is -0.481 e. The Kier molecular flexibility index (Phi) is 4.96. The van der Waals surface area contributed by atoms with E-state index in [9.17, 15) is 4.79 Å². The second kappa shape index (κ2) is 6.91. The molecule has 2 rings (SSSR count). The highest BCUT2D eigenvalue weighted by Gasteiger charge is 2.19. The zero-order chi connectivity index (χ0) is 15.2. The van der Waals surface area contributed by atoms with Gasteiger partial charge in [0, 0.05) is 13.6 Å². The average Bonchev–Trinajstić information content (AvgIpc) is 3.00. The Morgan fingerprint density at radius 2 is 2.10 bits per heavy atom. The molecule has 0 fully saturated rings. The first-order valence-electron chi connectivity index (χ1n) is 6.53. The van der Waals surface area contributed by atoms with Crippen LogP contribution in [0.3, 0.4) is 0 Å². The van der Waals surface area contributed by atoms with Gasteiger partial charge in [-0.1, -0.05) is 0 Å². The summed E-state index contributed by atoms with van der Waals surface area (Å²) < 4.78 is 5.62. The predicted octanol–water partition coefficient (Wildman–Crippen LogP) is 3.05. The smallest absolute Gasteiger partial charge is 0.263 e. The molecule has 1 unspecified atom stereocenters. The van der Waals surface area contributed by atoms with Crippen molar-refractivity contribution >= 4 is 17.2 Å². The number of likely N-dealkylation sites (N-methyl/N-ethyl adjacent to an activating group) is 1. The van der Waals surface area contributed by atoms with Crippen LogP contribution in [0, 0.1) is 11.3 Å². The predicted molar refractivity (Wildman–Crippen MR) is 82.0 cm³/mol. The van der Waals surface area contributed by atoms with Gasteiger partial charge < -0.3 is 9.64 Å². The SMILES string of the molecule is CC(Oc1ccc(C#N)cc1)C(=O)N(C)Cc1ccsc1.